The first-order valence-electron chi connectivity index (χ1n) is 7.88. The van der Waals surface area contributed by atoms with E-state index in [0.29, 0.717) is 12.2 Å². The van der Waals surface area contributed by atoms with Crippen LogP contribution in [-0.4, -0.2) is 24.8 Å². The molecule has 0 saturated heterocycles. The number of aryl methyl sites for hydroxylation is 1. The molecule has 0 bridgehead atoms. The van der Waals surface area contributed by atoms with Crippen LogP contribution in [0.4, 0.5) is 0 Å². The molecule has 0 amide bonds. The van der Waals surface area contributed by atoms with Crippen molar-refractivity contribution in [3.8, 4) is 11.5 Å². The van der Waals surface area contributed by atoms with Crippen LogP contribution in [0.3, 0.4) is 0 Å². The molecular formula is C20H22O4. The van der Waals surface area contributed by atoms with Crippen molar-refractivity contribution >= 4 is 17.6 Å². The highest BCUT2D eigenvalue weighted by Gasteiger charge is 2.14. The Hall–Kier alpha value is -2.75. The molecule has 0 unspecified atom stereocenters. The van der Waals surface area contributed by atoms with E-state index < -0.39 is 5.97 Å². The van der Waals surface area contributed by atoms with E-state index in [0.717, 1.165) is 29.0 Å². The molecule has 0 aliphatic heterocycles. The quantitative estimate of drug-likeness (QED) is 0.604. The number of carbonyl (C=O) groups is 1. The fourth-order valence-electron chi connectivity index (χ4n) is 2.37. The summed E-state index contributed by atoms with van der Waals surface area (Å²) in [5.41, 5.74) is 2.60. The number of aliphatic carboxylic acids is 1. The highest BCUT2D eigenvalue weighted by Crippen LogP contribution is 2.26. The van der Waals surface area contributed by atoms with E-state index in [1.165, 1.54) is 0 Å². The van der Waals surface area contributed by atoms with Crippen LogP contribution in [0.2, 0.25) is 0 Å². The van der Waals surface area contributed by atoms with E-state index in [-0.39, 0.29) is 5.57 Å². The topological polar surface area (TPSA) is 55.8 Å². The molecule has 4 heteroatoms. The van der Waals surface area contributed by atoms with Crippen LogP contribution < -0.4 is 9.47 Å². The third-order valence-corrected chi connectivity index (χ3v) is 3.62. The zero-order chi connectivity index (χ0) is 17.5. The van der Waals surface area contributed by atoms with E-state index >= 15 is 0 Å². The highest BCUT2D eigenvalue weighted by molar-refractivity contribution is 6.21. The van der Waals surface area contributed by atoms with Gasteiger partial charge in [0.25, 0.3) is 0 Å². The summed E-state index contributed by atoms with van der Waals surface area (Å²) in [6.07, 6.45) is 2.59. The van der Waals surface area contributed by atoms with Crippen LogP contribution in [0.1, 0.15) is 30.0 Å². The van der Waals surface area contributed by atoms with E-state index in [9.17, 15) is 9.90 Å². The van der Waals surface area contributed by atoms with Gasteiger partial charge >= 0.3 is 5.97 Å². The second-order valence-electron chi connectivity index (χ2n) is 5.46. The number of hydrogen-bond acceptors (Lipinski definition) is 3. The highest BCUT2D eigenvalue weighted by atomic mass is 16.5. The fourth-order valence-corrected chi connectivity index (χ4v) is 2.37. The average molecular weight is 326 g/mol. The first-order chi connectivity index (χ1) is 11.5. The minimum Gasteiger partial charge on any atom is -0.497 e. The summed E-state index contributed by atoms with van der Waals surface area (Å²) in [5, 5.41) is 9.60. The van der Waals surface area contributed by atoms with Gasteiger partial charge < -0.3 is 14.6 Å². The Kier molecular flexibility index (Phi) is 6.01. The number of carboxylic acid groups (broad SMARTS) is 1. The molecule has 2 aromatic rings. The van der Waals surface area contributed by atoms with Crippen molar-refractivity contribution in [2.24, 2.45) is 0 Å². The van der Waals surface area contributed by atoms with E-state index in [2.05, 4.69) is 0 Å². The van der Waals surface area contributed by atoms with E-state index in [1.807, 2.05) is 38.1 Å². The summed E-state index contributed by atoms with van der Waals surface area (Å²) < 4.78 is 10.7. The second kappa shape index (κ2) is 8.20. The summed E-state index contributed by atoms with van der Waals surface area (Å²) in [5.74, 6) is 0.529. The van der Waals surface area contributed by atoms with Crippen LogP contribution in [0.25, 0.3) is 11.6 Å². The van der Waals surface area contributed by atoms with Gasteiger partial charge in [-0.2, -0.15) is 0 Å². The van der Waals surface area contributed by atoms with Crippen LogP contribution >= 0.6 is 0 Å². The van der Waals surface area contributed by atoms with Gasteiger partial charge in [0.1, 0.15) is 11.5 Å². The molecular weight excluding hydrogens is 304 g/mol. The molecule has 2 rings (SSSR count). The lowest BCUT2D eigenvalue weighted by molar-refractivity contribution is -0.130. The average Bonchev–Trinajstić information content (AvgIpc) is 2.58. The SMILES string of the molecule is CCCOc1ccc(/C(=C/c2ccc(OC)cc2)C(=O)O)c(C)c1. The zero-order valence-corrected chi connectivity index (χ0v) is 14.2. The molecule has 0 fully saturated rings. The minimum atomic E-state index is -0.962. The van der Waals surface area contributed by atoms with Crippen LogP contribution in [0.15, 0.2) is 42.5 Å². The molecule has 0 aliphatic carbocycles. The van der Waals surface area contributed by atoms with Gasteiger partial charge in [0.05, 0.1) is 19.3 Å². The molecule has 1 N–H and O–H groups in total. The maximum Gasteiger partial charge on any atom is 0.336 e. The smallest absolute Gasteiger partial charge is 0.336 e. The Morgan fingerprint density at radius 3 is 2.33 bits per heavy atom. The van der Waals surface area contributed by atoms with Crippen molar-refractivity contribution < 1.29 is 19.4 Å². The second-order valence-corrected chi connectivity index (χ2v) is 5.46. The Morgan fingerprint density at radius 2 is 1.79 bits per heavy atom. The van der Waals surface area contributed by atoms with Crippen LogP contribution in [0, 0.1) is 6.92 Å². The summed E-state index contributed by atoms with van der Waals surface area (Å²) in [6.45, 7) is 4.58. The van der Waals surface area contributed by atoms with Gasteiger partial charge in [-0.25, -0.2) is 4.79 Å². The monoisotopic (exact) mass is 326 g/mol. The molecule has 2 aromatic carbocycles. The van der Waals surface area contributed by atoms with Gasteiger partial charge in [-0.3, -0.25) is 0 Å². The minimum absolute atomic E-state index is 0.250. The van der Waals surface area contributed by atoms with Crippen molar-refractivity contribution in [2.45, 2.75) is 20.3 Å². The lowest BCUT2D eigenvalue weighted by Gasteiger charge is -2.11. The predicted octanol–water partition coefficient (Wildman–Crippen LogP) is 4.42. The molecule has 0 aliphatic rings. The fraction of sp³-hybridized carbons (Fsp3) is 0.250. The molecule has 0 aromatic heterocycles. The van der Waals surface area contributed by atoms with Gasteiger partial charge in [0.2, 0.25) is 0 Å². The third kappa shape index (κ3) is 4.38. The Morgan fingerprint density at radius 1 is 1.12 bits per heavy atom. The van der Waals surface area contributed by atoms with Gasteiger partial charge in [-0.1, -0.05) is 25.1 Å². The van der Waals surface area contributed by atoms with Crippen molar-refractivity contribution in [3.63, 3.8) is 0 Å². The van der Waals surface area contributed by atoms with E-state index in [4.69, 9.17) is 9.47 Å². The summed E-state index contributed by atoms with van der Waals surface area (Å²) >= 11 is 0. The molecule has 0 heterocycles. The molecule has 0 radical (unpaired) electrons. The lowest BCUT2D eigenvalue weighted by Crippen LogP contribution is -2.02. The van der Waals surface area contributed by atoms with Gasteiger partial charge in [-0.05, 0) is 60.4 Å². The predicted molar refractivity (Wildman–Crippen MR) is 95.5 cm³/mol. The van der Waals surface area contributed by atoms with E-state index in [1.54, 1.807) is 31.4 Å². The summed E-state index contributed by atoms with van der Waals surface area (Å²) in [7, 11) is 1.60. The summed E-state index contributed by atoms with van der Waals surface area (Å²) in [4.78, 5) is 11.7. The summed E-state index contributed by atoms with van der Waals surface area (Å²) in [6, 6.07) is 12.7. The van der Waals surface area contributed by atoms with Gasteiger partial charge in [-0.15, -0.1) is 0 Å². The Bertz CT molecular complexity index is 730. The largest absolute Gasteiger partial charge is 0.497 e. The normalized spacial score (nSPS) is 11.2. The van der Waals surface area contributed by atoms with Crippen LogP contribution in [-0.2, 0) is 4.79 Å². The molecule has 24 heavy (non-hydrogen) atoms. The number of carboxylic acids is 1. The molecule has 126 valence electrons. The lowest BCUT2D eigenvalue weighted by atomic mass is 9.98. The maximum absolute atomic E-state index is 11.7. The number of rotatable bonds is 7. The van der Waals surface area contributed by atoms with Gasteiger partial charge in [0.15, 0.2) is 0 Å². The van der Waals surface area contributed by atoms with Crippen molar-refractivity contribution in [1.82, 2.24) is 0 Å². The first-order valence-corrected chi connectivity index (χ1v) is 7.88. The number of methoxy groups -OCH3 is 1. The number of benzene rings is 2. The van der Waals surface area contributed by atoms with Crippen molar-refractivity contribution in [2.75, 3.05) is 13.7 Å². The molecule has 0 saturated carbocycles. The van der Waals surface area contributed by atoms with Gasteiger partial charge in [0, 0.05) is 0 Å². The van der Waals surface area contributed by atoms with Crippen molar-refractivity contribution in [1.29, 1.82) is 0 Å². The molecule has 0 atom stereocenters. The Labute approximate surface area is 142 Å². The number of ether oxygens (including phenoxy) is 2. The zero-order valence-electron chi connectivity index (χ0n) is 14.2. The number of hydrogen-bond donors (Lipinski definition) is 1. The first kappa shape index (κ1) is 17.6. The Balaban J connectivity index is 2.36. The standard InChI is InChI=1S/C20H22O4/c1-4-11-24-17-9-10-18(14(2)12-17)19(20(21)22)13-15-5-7-16(23-3)8-6-15/h5-10,12-13H,4,11H2,1-3H3,(H,21,22)/b19-13-. The molecule has 0 spiro atoms. The maximum atomic E-state index is 11.7. The molecule has 4 nitrogen and oxygen atoms in total. The van der Waals surface area contributed by atoms with Crippen molar-refractivity contribution in [3.05, 3.63) is 59.2 Å². The third-order valence-electron chi connectivity index (χ3n) is 3.62. The van der Waals surface area contributed by atoms with Crippen LogP contribution in [0.5, 0.6) is 11.5 Å².